The van der Waals surface area contributed by atoms with Gasteiger partial charge in [-0.05, 0) is 54.8 Å². The average molecular weight is 514 g/mol. The van der Waals surface area contributed by atoms with Gasteiger partial charge in [-0.2, -0.15) is 4.31 Å². The number of thiazole rings is 1. The summed E-state index contributed by atoms with van der Waals surface area (Å²) < 4.78 is 40.6. The molecule has 0 saturated carbocycles. The number of ketones is 1. The van der Waals surface area contributed by atoms with Crippen LogP contribution in [0.1, 0.15) is 30.0 Å². The van der Waals surface area contributed by atoms with E-state index in [-0.39, 0.29) is 21.2 Å². The Labute approximate surface area is 205 Å². The van der Waals surface area contributed by atoms with Gasteiger partial charge in [-0.25, -0.2) is 17.8 Å². The number of aliphatic hydroxyl groups excluding tert-OH is 1. The predicted octanol–water partition coefficient (Wildman–Crippen LogP) is 3.69. The van der Waals surface area contributed by atoms with Crippen LogP contribution in [-0.2, 0) is 19.6 Å². The zero-order valence-corrected chi connectivity index (χ0v) is 19.9. The normalized spacial score (nSPS) is 20.6. The Balaban J connectivity index is 1.59. The number of rotatable bonds is 5. The van der Waals surface area contributed by atoms with Crippen molar-refractivity contribution in [3.63, 3.8) is 0 Å². The fraction of sp³-hybridized carbons (Fsp3) is 0.208. The summed E-state index contributed by atoms with van der Waals surface area (Å²) in [7, 11) is -3.65. The summed E-state index contributed by atoms with van der Waals surface area (Å²) in [4.78, 5) is 31.4. The highest BCUT2D eigenvalue weighted by molar-refractivity contribution is 7.89. The van der Waals surface area contributed by atoms with Crippen molar-refractivity contribution >= 4 is 43.9 Å². The minimum Gasteiger partial charge on any atom is -0.507 e. The Morgan fingerprint density at radius 2 is 1.69 bits per heavy atom. The van der Waals surface area contributed by atoms with E-state index >= 15 is 0 Å². The van der Waals surface area contributed by atoms with Gasteiger partial charge in [0.1, 0.15) is 11.6 Å². The van der Waals surface area contributed by atoms with Crippen LogP contribution < -0.4 is 4.90 Å². The van der Waals surface area contributed by atoms with Gasteiger partial charge in [0, 0.05) is 30.2 Å². The van der Waals surface area contributed by atoms with Gasteiger partial charge < -0.3 is 5.11 Å². The number of aliphatic hydroxyl groups is 1. The maximum absolute atomic E-state index is 13.6. The lowest BCUT2D eigenvalue weighted by Crippen LogP contribution is -2.29. The van der Waals surface area contributed by atoms with Crippen LogP contribution in [0.3, 0.4) is 0 Å². The van der Waals surface area contributed by atoms with Crippen molar-refractivity contribution in [1.29, 1.82) is 0 Å². The lowest BCUT2D eigenvalue weighted by molar-refractivity contribution is -0.132. The summed E-state index contributed by atoms with van der Waals surface area (Å²) in [5.41, 5.74) is 0.400. The highest BCUT2D eigenvalue weighted by Gasteiger charge is 2.48. The van der Waals surface area contributed by atoms with E-state index in [0.29, 0.717) is 18.7 Å². The fourth-order valence-electron chi connectivity index (χ4n) is 4.34. The topological polar surface area (TPSA) is 108 Å². The molecule has 0 aliphatic carbocycles. The summed E-state index contributed by atoms with van der Waals surface area (Å²) in [6, 6.07) is 9.78. The quantitative estimate of drug-likeness (QED) is 0.317. The van der Waals surface area contributed by atoms with E-state index in [1.54, 1.807) is 5.38 Å². The first kappa shape index (κ1) is 23.3. The Morgan fingerprint density at radius 3 is 2.29 bits per heavy atom. The average Bonchev–Trinajstić information content (AvgIpc) is 3.62. The summed E-state index contributed by atoms with van der Waals surface area (Å²) in [5.74, 6) is -2.73. The van der Waals surface area contributed by atoms with Crippen molar-refractivity contribution < 1.29 is 27.5 Å². The molecule has 180 valence electrons. The number of hydrogen-bond acceptors (Lipinski definition) is 7. The number of anilines is 1. The molecule has 2 aromatic carbocycles. The molecule has 1 atom stereocenters. The molecule has 0 radical (unpaired) electrons. The molecule has 2 fully saturated rings. The molecule has 35 heavy (non-hydrogen) atoms. The summed E-state index contributed by atoms with van der Waals surface area (Å²) in [5, 5.41) is 13.0. The Bertz CT molecular complexity index is 1410. The number of halogens is 1. The lowest BCUT2D eigenvalue weighted by atomic mass is 9.95. The van der Waals surface area contributed by atoms with Gasteiger partial charge in [0.25, 0.3) is 5.78 Å². The lowest BCUT2D eigenvalue weighted by Gasteiger charge is -2.23. The van der Waals surface area contributed by atoms with Gasteiger partial charge in [0.15, 0.2) is 5.13 Å². The minimum absolute atomic E-state index is 0.0780. The molecule has 1 aromatic heterocycles. The van der Waals surface area contributed by atoms with E-state index in [1.165, 1.54) is 63.9 Å². The number of benzene rings is 2. The number of carbonyl (C=O) groups excluding carboxylic acids is 2. The molecule has 8 nitrogen and oxygen atoms in total. The molecule has 0 bridgehead atoms. The highest BCUT2D eigenvalue weighted by Crippen LogP contribution is 2.42. The number of hydrogen-bond donors (Lipinski definition) is 1. The Morgan fingerprint density at radius 1 is 1.03 bits per heavy atom. The van der Waals surface area contributed by atoms with Gasteiger partial charge in [-0.15, -0.1) is 11.3 Å². The first-order chi connectivity index (χ1) is 16.8. The van der Waals surface area contributed by atoms with Crippen molar-refractivity contribution in [3.05, 3.63) is 82.6 Å². The number of aromatic nitrogens is 1. The van der Waals surface area contributed by atoms with E-state index in [9.17, 15) is 27.5 Å². The SMILES string of the molecule is O=C1C(=O)N(c2nccs2)[C@@H](c2ccc(F)cc2)C1=C(O)c1ccc(S(=O)(=O)N2CCCC2)cc1. The predicted molar refractivity (Wildman–Crippen MR) is 128 cm³/mol. The fourth-order valence-corrected chi connectivity index (χ4v) is 6.53. The molecule has 0 spiro atoms. The van der Waals surface area contributed by atoms with E-state index in [4.69, 9.17) is 0 Å². The third-order valence-corrected chi connectivity index (χ3v) is 8.77. The molecule has 2 aliphatic heterocycles. The Hall–Kier alpha value is -3.41. The van der Waals surface area contributed by atoms with Crippen molar-refractivity contribution in [2.75, 3.05) is 18.0 Å². The van der Waals surface area contributed by atoms with Crippen LogP contribution in [0, 0.1) is 5.82 Å². The monoisotopic (exact) mass is 513 g/mol. The van der Waals surface area contributed by atoms with E-state index < -0.39 is 39.3 Å². The van der Waals surface area contributed by atoms with Crippen LogP contribution in [0.25, 0.3) is 5.76 Å². The van der Waals surface area contributed by atoms with E-state index in [2.05, 4.69) is 4.98 Å². The van der Waals surface area contributed by atoms with Gasteiger partial charge in [0.05, 0.1) is 16.5 Å². The second-order valence-corrected chi connectivity index (χ2v) is 11.0. The molecular formula is C24H20FN3O5S2. The number of nitrogens with zero attached hydrogens (tertiary/aromatic N) is 3. The molecule has 2 saturated heterocycles. The number of carbonyl (C=O) groups is 2. The summed E-state index contributed by atoms with van der Waals surface area (Å²) in [6.07, 6.45) is 3.10. The number of Topliss-reactive ketones (excluding diaryl/α,β-unsaturated/α-hetero) is 1. The molecule has 2 aliphatic rings. The molecule has 1 N–H and O–H groups in total. The van der Waals surface area contributed by atoms with Crippen LogP contribution >= 0.6 is 11.3 Å². The smallest absolute Gasteiger partial charge is 0.301 e. The molecule has 5 rings (SSSR count). The van der Waals surface area contributed by atoms with Crippen molar-refractivity contribution in [3.8, 4) is 0 Å². The third kappa shape index (κ3) is 4.05. The highest BCUT2D eigenvalue weighted by atomic mass is 32.2. The maximum atomic E-state index is 13.6. The van der Waals surface area contributed by atoms with Crippen LogP contribution in [0.15, 0.2) is 70.6 Å². The van der Waals surface area contributed by atoms with Gasteiger partial charge >= 0.3 is 5.91 Å². The standard InChI is InChI=1S/C24H20FN3O5S2/c25-17-7-3-15(4-8-17)20-19(22(30)23(31)28(20)24-26-11-14-34-24)21(29)16-5-9-18(10-6-16)35(32,33)27-12-1-2-13-27/h3-11,14,20,29H,1-2,12-13H2/t20-/m0/s1. The third-order valence-electron chi connectivity index (χ3n) is 6.09. The van der Waals surface area contributed by atoms with Gasteiger partial charge in [-0.1, -0.05) is 12.1 Å². The van der Waals surface area contributed by atoms with Crippen molar-refractivity contribution in [2.24, 2.45) is 0 Å². The zero-order valence-electron chi connectivity index (χ0n) is 18.3. The number of amides is 1. The molecule has 0 unspecified atom stereocenters. The van der Waals surface area contributed by atoms with Crippen molar-refractivity contribution in [2.45, 2.75) is 23.8 Å². The van der Waals surface area contributed by atoms with E-state index in [0.717, 1.165) is 24.2 Å². The molecule has 11 heteroatoms. The van der Waals surface area contributed by atoms with Crippen LogP contribution in [0.5, 0.6) is 0 Å². The summed E-state index contributed by atoms with van der Waals surface area (Å²) in [6.45, 7) is 0.921. The second kappa shape index (κ2) is 8.99. The maximum Gasteiger partial charge on any atom is 0.301 e. The van der Waals surface area contributed by atoms with E-state index in [1.807, 2.05) is 0 Å². The first-order valence-corrected chi connectivity index (χ1v) is 13.2. The van der Waals surface area contributed by atoms with Crippen LogP contribution in [0.2, 0.25) is 0 Å². The van der Waals surface area contributed by atoms with Gasteiger partial charge in [0.2, 0.25) is 10.0 Å². The van der Waals surface area contributed by atoms with Crippen LogP contribution in [-0.4, -0.2) is 47.6 Å². The van der Waals surface area contributed by atoms with Gasteiger partial charge in [-0.3, -0.25) is 14.5 Å². The first-order valence-electron chi connectivity index (χ1n) is 10.9. The number of sulfonamides is 1. The molecular weight excluding hydrogens is 493 g/mol. The minimum atomic E-state index is -3.65. The molecule has 3 aromatic rings. The zero-order chi connectivity index (χ0) is 24.7. The second-order valence-electron chi connectivity index (χ2n) is 8.17. The molecule has 3 heterocycles. The van der Waals surface area contributed by atoms with Crippen LogP contribution in [0.4, 0.5) is 9.52 Å². The summed E-state index contributed by atoms with van der Waals surface area (Å²) >= 11 is 1.15. The van der Waals surface area contributed by atoms with Crippen molar-refractivity contribution in [1.82, 2.24) is 9.29 Å². The largest absolute Gasteiger partial charge is 0.507 e. The molecule has 1 amide bonds. The Kier molecular flexibility index (Phi) is 5.99.